The van der Waals surface area contributed by atoms with Crippen molar-refractivity contribution in [2.75, 3.05) is 26.7 Å². The number of hydrogen-bond acceptors (Lipinski definition) is 6. The van der Waals surface area contributed by atoms with Crippen LogP contribution in [0.1, 0.15) is 83.1 Å². The molecule has 11 heteroatoms. The van der Waals surface area contributed by atoms with Crippen LogP contribution in [0.3, 0.4) is 0 Å². The number of ether oxygens (including phenoxy) is 1. The van der Waals surface area contributed by atoms with Crippen molar-refractivity contribution in [2.24, 2.45) is 0 Å². The van der Waals surface area contributed by atoms with Crippen LogP contribution in [0.4, 0.5) is 13.2 Å². The minimum absolute atomic E-state index is 0.0238. The molecule has 0 aliphatic heterocycles. The summed E-state index contributed by atoms with van der Waals surface area (Å²) in [5.41, 5.74) is -5.58. The number of likely N-dealkylation sites (N-methyl/N-ethyl adjacent to an activating group) is 1. The SMILES string of the molecule is CCCCCCCCCCCCN(C)CCOc1ccc(CCC(=O)O)c(OS(=O)(=O)C(F)(F)F)c1. The molecule has 208 valence electrons. The van der Waals surface area contributed by atoms with E-state index in [1.165, 1.54) is 63.5 Å². The lowest BCUT2D eigenvalue weighted by Crippen LogP contribution is -2.28. The molecule has 0 radical (unpaired) electrons. The van der Waals surface area contributed by atoms with E-state index >= 15 is 0 Å². The summed E-state index contributed by atoms with van der Waals surface area (Å²) in [6.07, 6.45) is 12.0. The molecule has 7 nitrogen and oxygen atoms in total. The number of unbranched alkanes of at least 4 members (excludes halogenated alkanes) is 9. The molecule has 0 atom stereocenters. The summed E-state index contributed by atoms with van der Waals surface area (Å²) in [7, 11) is -3.94. The van der Waals surface area contributed by atoms with E-state index in [-0.39, 0.29) is 24.3 Å². The highest BCUT2D eigenvalue weighted by Crippen LogP contribution is 2.32. The molecule has 0 aliphatic rings. The van der Waals surface area contributed by atoms with E-state index in [9.17, 15) is 26.4 Å². The Balaban J connectivity index is 2.46. The summed E-state index contributed by atoms with van der Waals surface area (Å²) in [6.45, 7) is 3.93. The van der Waals surface area contributed by atoms with Crippen LogP contribution in [-0.4, -0.2) is 56.6 Å². The van der Waals surface area contributed by atoms with Gasteiger partial charge in [-0.2, -0.15) is 21.6 Å². The van der Waals surface area contributed by atoms with Crippen LogP contribution in [-0.2, 0) is 21.3 Å². The third-order valence-corrected chi connectivity index (χ3v) is 6.73. The first-order valence-corrected chi connectivity index (χ1v) is 14.0. The molecule has 0 amide bonds. The number of carbonyl (C=O) groups is 1. The first-order valence-electron chi connectivity index (χ1n) is 12.6. The highest BCUT2D eigenvalue weighted by atomic mass is 32.2. The quantitative estimate of drug-likeness (QED) is 0.120. The molecular formula is C25H40F3NO6S. The van der Waals surface area contributed by atoms with E-state index in [1.54, 1.807) is 0 Å². The summed E-state index contributed by atoms with van der Waals surface area (Å²) in [5.74, 6) is -1.64. The molecule has 0 aromatic heterocycles. The van der Waals surface area contributed by atoms with E-state index in [4.69, 9.17) is 9.84 Å². The second-order valence-electron chi connectivity index (χ2n) is 8.98. The Labute approximate surface area is 213 Å². The van der Waals surface area contributed by atoms with E-state index in [0.29, 0.717) is 6.54 Å². The van der Waals surface area contributed by atoms with Crippen LogP contribution < -0.4 is 8.92 Å². The Hall–Kier alpha value is -2.01. The molecule has 36 heavy (non-hydrogen) atoms. The first-order chi connectivity index (χ1) is 17.0. The van der Waals surface area contributed by atoms with E-state index < -0.39 is 33.8 Å². The van der Waals surface area contributed by atoms with Gasteiger partial charge in [0, 0.05) is 19.0 Å². The lowest BCUT2D eigenvalue weighted by atomic mass is 10.1. The Morgan fingerprint density at radius 2 is 1.56 bits per heavy atom. The Bertz CT molecular complexity index is 877. The van der Waals surface area contributed by atoms with E-state index in [1.807, 2.05) is 7.05 Å². The summed E-state index contributed by atoms with van der Waals surface area (Å²) in [4.78, 5) is 12.9. The number of carboxylic acid groups (broad SMARTS) is 1. The van der Waals surface area contributed by atoms with Gasteiger partial charge in [-0.25, -0.2) is 0 Å². The molecule has 1 aromatic carbocycles. The maximum atomic E-state index is 12.8. The average molecular weight is 540 g/mol. The van der Waals surface area contributed by atoms with Gasteiger partial charge in [0.05, 0.1) is 0 Å². The standard InChI is InChI=1S/C25H40F3NO6S/c1-3-4-5-6-7-8-9-10-11-12-17-29(2)18-19-34-22-15-13-21(14-16-24(30)31)23(20-22)35-36(32,33)25(26,27)28/h13,15,20H,3-12,14,16-19H2,1-2H3,(H,30,31). The maximum absolute atomic E-state index is 12.8. The zero-order valence-corrected chi connectivity index (χ0v) is 22.1. The summed E-state index contributed by atoms with van der Waals surface area (Å²) in [6, 6.07) is 3.81. The van der Waals surface area contributed by atoms with Crippen LogP contribution in [0.2, 0.25) is 0 Å². The third kappa shape index (κ3) is 13.3. The molecule has 0 heterocycles. The fourth-order valence-electron chi connectivity index (χ4n) is 3.62. The largest absolute Gasteiger partial charge is 0.534 e. The van der Waals surface area contributed by atoms with Gasteiger partial charge in [-0.15, -0.1) is 0 Å². The average Bonchev–Trinajstić information content (AvgIpc) is 2.78. The Morgan fingerprint density at radius 3 is 2.11 bits per heavy atom. The summed E-state index contributed by atoms with van der Waals surface area (Å²) >= 11 is 0. The van der Waals surface area contributed by atoms with Crippen LogP contribution in [0.25, 0.3) is 0 Å². The number of carboxylic acids is 1. The van der Waals surface area contributed by atoms with Gasteiger partial charge in [-0.3, -0.25) is 4.79 Å². The summed E-state index contributed by atoms with van der Waals surface area (Å²) in [5, 5.41) is 8.83. The van der Waals surface area contributed by atoms with E-state index in [0.717, 1.165) is 25.5 Å². The molecule has 1 aromatic rings. The van der Waals surface area contributed by atoms with Crippen molar-refractivity contribution in [1.29, 1.82) is 0 Å². The topological polar surface area (TPSA) is 93.1 Å². The van der Waals surface area contributed by atoms with Gasteiger partial charge in [0.15, 0.2) is 0 Å². The second kappa shape index (κ2) is 16.7. The Morgan fingerprint density at radius 1 is 0.972 bits per heavy atom. The summed E-state index contributed by atoms with van der Waals surface area (Å²) < 4.78 is 71.0. The number of aliphatic carboxylic acids is 1. The molecular weight excluding hydrogens is 499 g/mol. The van der Waals surface area contributed by atoms with Gasteiger partial charge >= 0.3 is 21.6 Å². The number of alkyl halides is 3. The highest BCUT2D eigenvalue weighted by Gasteiger charge is 2.48. The number of aryl methyl sites for hydroxylation is 1. The third-order valence-electron chi connectivity index (χ3n) is 5.76. The minimum Gasteiger partial charge on any atom is -0.492 e. The monoisotopic (exact) mass is 539 g/mol. The number of rotatable bonds is 20. The number of hydrogen-bond donors (Lipinski definition) is 1. The zero-order valence-electron chi connectivity index (χ0n) is 21.3. The first kappa shape index (κ1) is 32.0. The zero-order chi connectivity index (χ0) is 27.0. The van der Waals surface area contributed by atoms with Gasteiger partial charge in [0.25, 0.3) is 0 Å². The van der Waals surface area contributed by atoms with Gasteiger partial charge in [0.1, 0.15) is 18.1 Å². The van der Waals surface area contributed by atoms with Gasteiger partial charge < -0.3 is 18.9 Å². The molecule has 0 unspecified atom stereocenters. The second-order valence-corrected chi connectivity index (χ2v) is 10.5. The van der Waals surface area contributed by atoms with Crippen LogP contribution in [0.5, 0.6) is 11.5 Å². The lowest BCUT2D eigenvalue weighted by Gasteiger charge is -2.18. The molecule has 0 aliphatic carbocycles. The molecule has 0 saturated carbocycles. The van der Waals surface area contributed by atoms with Crippen LogP contribution >= 0.6 is 0 Å². The fraction of sp³-hybridized carbons (Fsp3) is 0.720. The molecule has 0 saturated heterocycles. The van der Waals surface area contributed by atoms with Crippen molar-refractivity contribution >= 4 is 16.1 Å². The lowest BCUT2D eigenvalue weighted by molar-refractivity contribution is -0.136. The predicted octanol–water partition coefficient (Wildman–Crippen LogP) is 6.16. The van der Waals surface area contributed by atoms with Gasteiger partial charge in [0.2, 0.25) is 0 Å². The maximum Gasteiger partial charge on any atom is 0.534 e. The van der Waals surface area contributed by atoms with Gasteiger partial charge in [-0.1, -0.05) is 70.8 Å². The molecule has 1 rings (SSSR count). The fourth-order valence-corrected chi connectivity index (χ4v) is 4.10. The minimum atomic E-state index is -5.90. The molecule has 0 bridgehead atoms. The molecule has 0 fully saturated rings. The van der Waals surface area contributed by atoms with Crippen molar-refractivity contribution in [3.63, 3.8) is 0 Å². The predicted molar refractivity (Wildman–Crippen MR) is 133 cm³/mol. The molecule has 1 N–H and O–H groups in total. The van der Waals surface area contributed by atoms with Crippen molar-refractivity contribution in [2.45, 2.75) is 89.5 Å². The van der Waals surface area contributed by atoms with Gasteiger partial charge in [-0.05, 0) is 38.1 Å². The normalized spacial score (nSPS) is 12.2. The van der Waals surface area contributed by atoms with Crippen molar-refractivity contribution in [3.05, 3.63) is 23.8 Å². The molecule has 0 spiro atoms. The van der Waals surface area contributed by atoms with Crippen molar-refractivity contribution in [3.8, 4) is 11.5 Å². The highest BCUT2D eigenvalue weighted by molar-refractivity contribution is 7.88. The van der Waals surface area contributed by atoms with Crippen LogP contribution in [0.15, 0.2) is 18.2 Å². The van der Waals surface area contributed by atoms with E-state index in [2.05, 4.69) is 16.0 Å². The van der Waals surface area contributed by atoms with Crippen LogP contribution in [0, 0.1) is 0 Å². The number of benzene rings is 1. The smallest absolute Gasteiger partial charge is 0.492 e. The number of nitrogens with zero attached hydrogens (tertiary/aromatic N) is 1. The van der Waals surface area contributed by atoms with Crippen molar-refractivity contribution in [1.82, 2.24) is 4.90 Å². The van der Waals surface area contributed by atoms with Crippen molar-refractivity contribution < 1.29 is 40.4 Å². The Kier molecular flexibility index (Phi) is 14.8. The number of halogens is 3.